The van der Waals surface area contributed by atoms with Gasteiger partial charge in [0.05, 0.1) is 49.3 Å². The Morgan fingerprint density at radius 2 is 1.39 bits per heavy atom. The summed E-state index contributed by atoms with van der Waals surface area (Å²) in [6, 6.07) is 26.6. The first-order valence-corrected chi connectivity index (χ1v) is 23.5. The highest BCUT2D eigenvalue weighted by Gasteiger charge is 2.43. The molecule has 4 aliphatic rings. The molecule has 9 rings (SSSR count). The number of anilines is 4. The van der Waals surface area contributed by atoms with E-state index in [0.717, 1.165) is 28.8 Å². The lowest BCUT2D eigenvalue weighted by atomic mass is 10.1. The molecule has 18 heteroatoms. The number of unbranched alkanes of at least 4 members (excludes halogenated alkanes) is 2. The van der Waals surface area contributed by atoms with Crippen LogP contribution in [0.2, 0.25) is 0 Å². The smallest absolute Gasteiger partial charge is 0.262 e. The summed E-state index contributed by atoms with van der Waals surface area (Å²) in [5, 5.41) is 8.05. The van der Waals surface area contributed by atoms with Gasteiger partial charge in [-0.15, -0.1) is 0 Å². The zero-order chi connectivity index (χ0) is 49.1. The van der Waals surface area contributed by atoms with Crippen LogP contribution in [0.4, 0.5) is 28.4 Å². The first kappa shape index (κ1) is 47.3. The van der Waals surface area contributed by atoms with Crippen LogP contribution in [0.5, 0.6) is 23.0 Å². The third kappa shape index (κ3) is 9.61. The number of para-hydroxylation sites is 2. The molecule has 0 radical (unpaired) electrons. The molecule has 0 fully saturated rings. The molecular weight excluding hydrogens is 914 g/mol. The minimum Gasteiger partial charge on any atom is -0.493 e. The van der Waals surface area contributed by atoms with Crippen molar-refractivity contribution in [2.45, 2.75) is 76.9 Å². The maximum absolute atomic E-state index is 14.0. The SMILES string of the molecule is COc1cc2c(cc1OCc1cc(COc3cc4c(cc3OC)C(=O)N3c5ccccc5CC3N4P)cc(NC(=O)C(C)NC(=O)CNC(=O)CCCCC=O)c1)N=CC1Cc3ccccc3N1C2=O. The summed E-state index contributed by atoms with van der Waals surface area (Å²) in [6.07, 6.45) is 5.26. The summed E-state index contributed by atoms with van der Waals surface area (Å²) < 4.78 is 26.4. The third-order valence-electron chi connectivity index (χ3n) is 12.7. The number of aliphatic imine (C=N–C) groups is 1. The van der Waals surface area contributed by atoms with Gasteiger partial charge in [-0.25, -0.2) is 0 Å². The Balaban J connectivity index is 0.946. The van der Waals surface area contributed by atoms with E-state index in [2.05, 4.69) is 25.3 Å². The number of carbonyl (C=O) groups excluding carboxylic acids is 6. The average molecular weight is 966 g/mol. The number of hydrogen-bond acceptors (Lipinski definition) is 12. The van der Waals surface area contributed by atoms with Gasteiger partial charge in [-0.05, 0) is 93.9 Å². The number of ether oxygens (including phenoxy) is 4. The Kier molecular flexibility index (Phi) is 13.8. The Morgan fingerprint density at radius 1 is 0.757 bits per heavy atom. The van der Waals surface area contributed by atoms with Gasteiger partial charge in [0.25, 0.3) is 11.8 Å². The standard InChI is InChI=1S/C52H52N7O10P/c1-30(55-48(62)27-54-47(61)15-5-4-10-16-60)50(63)56-35-18-31(28-68-45-24-39-37(22-43(45)66-2)51(64)57-36(26-53-39)20-33-11-6-8-13-40(33)57)17-32(19-35)29-69-46-25-42-38(23-44(46)67-3)52(65)58-41-14-9-7-12-34(41)21-49(58)59(42)70/h6-9,11-14,16-19,22-26,30,36,49H,4-5,10,15,20-21,27-29,70H2,1-3H3,(H,54,61)(H,55,62)(H,56,63). The molecule has 4 atom stereocenters. The van der Waals surface area contributed by atoms with Crippen LogP contribution in [0, 0.1) is 0 Å². The fraction of sp³-hybridized carbons (Fsp3) is 0.288. The number of amides is 5. The van der Waals surface area contributed by atoms with Crippen molar-refractivity contribution in [1.82, 2.24) is 10.6 Å². The van der Waals surface area contributed by atoms with Gasteiger partial charge in [-0.1, -0.05) is 36.4 Å². The van der Waals surface area contributed by atoms with Gasteiger partial charge in [0.2, 0.25) is 17.7 Å². The number of methoxy groups -OCH3 is 2. The molecule has 70 heavy (non-hydrogen) atoms. The Labute approximate surface area is 406 Å². The molecule has 17 nitrogen and oxygen atoms in total. The van der Waals surface area contributed by atoms with Crippen molar-refractivity contribution in [2.24, 2.45) is 4.99 Å². The van der Waals surface area contributed by atoms with Crippen LogP contribution >= 0.6 is 9.39 Å². The van der Waals surface area contributed by atoms with Crippen molar-refractivity contribution in [3.05, 3.63) is 124 Å². The van der Waals surface area contributed by atoms with Gasteiger partial charge in [0, 0.05) is 61.1 Å². The molecule has 3 N–H and O–H groups in total. The Bertz CT molecular complexity index is 2940. The van der Waals surface area contributed by atoms with Crippen molar-refractivity contribution >= 4 is 79.9 Å². The Morgan fingerprint density at radius 3 is 2.07 bits per heavy atom. The molecule has 4 heterocycles. The average Bonchev–Trinajstić information content (AvgIpc) is 3.92. The number of hydrogen-bond donors (Lipinski definition) is 3. The maximum atomic E-state index is 14.0. The zero-order valence-electron chi connectivity index (χ0n) is 38.9. The predicted octanol–water partition coefficient (Wildman–Crippen LogP) is 6.61. The molecule has 5 amide bonds. The van der Waals surface area contributed by atoms with Crippen LogP contribution in [0.3, 0.4) is 0 Å². The van der Waals surface area contributed by atoms with E-state index in [1.165, 1.54) is 21.1 Å². The second kappa shape index (κ2) is 20.4. The van der Waals surface area contributed by atoms with Crippen LogP contribution in [-0.2, 0) is 45.2 Å². The highest BCUT2D eigenvalue weighted by molar-refractivity contribution is 7.19. The quantitative estimate of drug-likeness (QED) is 0.0486. The molecule has 0 saturated heterocycles. The zero-order valence-corrected chi connectivity index (χ0v) is 40.0. The van der Waals surface area contributed by atoms with E-state index in [4.69, 9.17) is 23.9 Å². The summed E-state index contributed by atoms with van der Waals surface area (Å²) in [6.45, 7) is 1.19. The first-order chi connectivity index (χ1) is 33.9. The number of aldehydes is 1. The van der Waals surface area contributed by atoms with Crippen LogP contribution in [0.1, 0.15) is 75.6 Å². The highest BCUT2D eigenvalue weighted by Crippen LogP contribution is 2.47. The van der Waals surface area contributed by atoms with E-state index in [1.807, 2.05) is 59.3 Å². The number of benzene rings is 5. The number of nitrogens with one attached hydrogen (secondary N) is 3. The van der Waals surface area contributed by atoms with Gasteiger partial charge in [0.15, 0.2) is 23.0 Å². The van der Waals surface area contributed by atoms with Gasteiger partial charge in [-0.3, -0.25) is 38.8 Å². The van der Waals surface area contributed by atoms with E-state index < -0.39 is 17.9 Å². The lowest BCUT2D eigenvalue weighted by Crippen LogP contribution is -2.50. The fourth-order valence-corrected chi connectivity index (χ4v) is 9.69. The first-order valence-electron chi connectivity index (χ1n) is 23.0. The molecule has 0 aliphatic carbocycles. The predicted molar refractivity (Wildman–Crippen MR) is 267 cm³/mol. The van der Waals surface area contributed by atoms with E-state index >= 15 is 0 Å². The Hall–Kier alpha value is -7.78. The summed E-state index contributed by atoms with van der Waals surface area (Å²) in [5.74, 6) is -0.356. The highest BCUT2D eigenvalue weighted by atomic mass is 31.0. The lowest BCUT2D eigenvalue weighted by Gasteiger charge is -2.40. The van der Waals surface area contributed by atoms with Crippen LogP contribution < -0.4 is 49.4 Å². The number of fused-ring (bicyclic) bond motifs is 8. The monoisotopic (exact) mass is 965 g/mol. The number of nitrogens with zero attached hydrogens (tertiary/aromatic N) is 4. The third-order valence-corrected chi connectivity index (χ3v) is 13.3. The normalized spacial score (nSPS) is 16.4. The molecule has 5 aromatic carbocycles. The van der Waals surface area contributed by atoms with Crippen molar-refractivity contribution in [3.63, 3.8) is 0 Å². The second-order valence-electron chi connectivity index (χ2n) is 17.4. The van der Waals surface area contributed by atoms with Crippen molar-refractivity contribution < 1.29 is 47.7 Å². The van der Waals surface area contributed by atoms with Gasteiger partial charge < -0.3 is 44.4 Å². The summed E-state index contributed by atoms with van der Waals surface area (Å²) >= 11 is 0. The second-order valence-corrected chi connectivity index (χ2v) is 17.9. The van der Waals surface area contributed by atoms with Crippen molar-refractivity contribution in [1.29, 1.82) is 0 Å². The lowest BCUT2D eigenvalue weighted by molar-refractivity contribution is -0.128. The molecule has 0 bridgehead atoms. The number of rotatable bonds is 18. The van der Waals surface area contributed by atoms with Crippen LogP contribution in [0.25, 0.3) is 0 Å². The maximum Gasteiger partial charge on any atom is 0.262 e. The molecule has 0 saturated carbocycles. The van der Waals surface area contributed by atoms with E-state index in [-0.39, 0.29) is 56.1 Å². The van der Waals surface area contributed by atoms with Crippen molar-refractivity contribution in [2.75, 3.05) is 40.6 Å². The van der Waals surface area contributed by atoms with Gasteiger partial charge in [-0.2, -0.15) is 0 Å². The van der Waals surface area contributed by atoms with Gasteiger partial charge in [0.1, 0.15) is 31.7 Å². The fourth-order valence-electron chi connectivity index (χ4n) is 9.23. The summed E-state index contributed by atoms with van der Waals surface area (Å²) in [5.41, 5.74) is 7.42. The minimum atomic E-state index is -0.992. The van der Waals surface area contributed by atoms with E-state index in [0.29, 0.717) is 94.4 Å². The van der Waals surface area contributed by atoms with Crippen LogP contribution in [-0.4, -0.2) is 81.1 Å². The largest absolute Gasteiger partial charge is 0.493 e. The molecule has 4 aliphatic heterocycles. The van der Waals surface area contributed by atoms with E-state index in [1.54, 1.807) is 52.4 Å². The summed E-state index contributed by atoms with van der Waals surface area (Å²) in [4.78, 5) is 85.4. The van der Waals surface area contributed by atoms with Crippen LogP contribution in [0.15, 0.2) is 96.0 Å². The molecule has 5 aromatic rings. The molecule has 360 valence electrons. The molecule has 4 unspecified atom stereocenters. The topological polar surface area (TPSA) is 198 Å². The molecule has 0 spiro atoms. The molecule has 0 aromatic heterocycles. The van der Waals surface area contributed by atoms with Crippen molar-refractivity contribution in [3.8, 4) is 23.0 Å². The minimum absolute atomic E-state index is 0.00141. The number of carbonyl (C=O) groups is 6. The van der Waals surface area contributed by atoms with Gasteiger partial charge >= 0.3 is 0 Å². The summed E-state index contributed by atoms with van der Waals surface area (Å²) in [7, 11) is 5.75. The van der Waals surface area contributed by atoms with E-state index in [9.17, 15) is 28.8 Å². The molecular formula is C52H52N7O10P.